The van der Waals surface area contributed by atoms with E-state index in [2.05, 4.69) is 20.7 Å². The lowest BCUT2D eigenvalue weighted by Crippen LogP contribution is -2.15. The van der Waals surface area contributed by atoms with Crippen molar-refractivity contribution in [3.8, 4) is 0 Å². The molecule has 2 aromatic rings. The molecule has 0 fully saturated rings. The van der Waals surface area contributed by atoms with Gasteiger partial charge in [-0.25, -0.2) is 13.2 Å². The number of sulfonamides is 1. The summed E-state index contributed by atoms with van der Waals surface area (Å²) in [6.07, 6.45) is 0. The zero-order chi connectivity index (χ0) is 14.9. The van der Waals surface area contributed by atoms with Crippen LogP contribution in [0.15, 0.2) is 39.0 Å². The van der Waals surface area contributed by atoms with Crippen LogP contribution in [0.25, 0.3) is 0 Å². The molecule has 1 aromatic carbocycles. The van der Waals surface area contributed by atoms with E-state index in [1.807, 2.05) is 13.0 Å². The van der Waals surface area contributed by atoms with Crippen molar-refractivity contribution in [3.05, 3.63) is 44.6 Å². The molecule has 0 radical (unpaired) electrons. The monoisotopic (exact) mass is 375 g/mol. The summed E-state index contributed by atoms with van der Waals surface area (Å²) in [7, 11) is -3.94. The number of thiophene rings is 1. The third-order valence-corrected chi connectivity index (χ3v) is 5.61. The number of hydrogen-bond acceptors (Lipinski definition) is 4. The van der Waals surface area contributed by atoms with Gasteiger partial charge in [0.2, 0.25) is 0 Å². The number of benzene rings is 1. The van der Waals surface area contributed by atoms with E-state index < -0.39 is 16.0 Å². The number of halogens is 1. The van der Waals surface area contributed by atoms with Crippen molar-refractivity contribution in [1.82, 2.24) is 0 Å². The number of aryl methyl sites for hydroxylation is 1. The van der Waals surface area contributed by atoms with E-state index in [9.17, 15) is 13.2 Å². The lowest BCUT2D eigenvalue weighted by atomic mass is 10.2. The minimum Gasteiger partial charge on any atom is -0.477 e. The highest BCUT2D eigenvalue weighted by Gasteiger charge is 2.24. The molecule has 1 aromatic heterocycles. The van der Waals surface area contributed by atoms with Crippen LogP contribution in [0.1, 0.15) is 15.2 Å². The Morgan fingerprint density at radius 1 is 1.35 bits per heavy atom. The number of carbonyl (C=O) groups is 1. The quantitative estimate of drug-likeness (QED) is 0.858. The third kappa shape index (κ3) is 3.02. The molecule has 2 rings (SSSR count). The van der Waals surface area contributed by atoms with Crippen molar-refractivity contribution in [1.29, 1.82) is 0 Å². The molecule has 0 atom stereocenters. The van der Waals surface area contributed by atoms with Crippen LogP contribution in [0.4, 0.5) is 5.69 Å². The normalized spacial score (nSPS) is 11.3. The molecule has 0 saturated carbocycles. The van der Waals surface area contributed by atoms with E-state index in [0.717, 1.165) is 16.9 Å². The summed E-state index contributed by atoms with van der Waals surface area (Å²) in [6.45, 7) is 1.83. The molecule has 0 saturated heterocycles. The summed E-state index contributed by atoms with van der Waals surface area (Å²) in [6, 6.07) is 6.49. The number of aromatic carboxylic acids is 1. The van der Waals surface area contributed by atoms with Gasteiger partial charge < -0.3 is 5.11 Å². The molecule has 20 heavy (non-hydrogen) atoms. The van der Waals surface area contributed by atoms with Gasteiger partial charge in [0.1, 0.15) is 9.77 Å². The summed E-state index contributed by atoms with van der Waals surface area (Å²) in [4.78, 5) is 10.6. The fourth-order valence-corrected chi connectivity index (χ4v) is 4.39. The van der Waals surface area contributed by atoms with Crippen LogP contribution in [-0.2, 0) is 10.0 Å². The molecule has 2 N–H and O–H groups in total. The first-order chi connectivity index (χ1) is 9.31. The van der Waals surface area contributed by atoms with Gasteiger partial charge in [0.05, 0.1) is 5.69 Å². The first-order valence-electron chi connectivity index (χ1n) is 5.41. The average Bonchev–Trinajstić information content (AvgIpc) is 2.83. The molecule has 0 aliphatic carbocycles. The van der Waals surface area contributed by atoms with E-state index in [4.69, 9.17) is 5.11 Å². The minimum atomic E-state index is -3.94. The first-order valence-corrected chi connectivity index (χ1v) is 8.56. The van der Waals surface area contributed by atoms with E-state index in [0.29, 0.717) is 10.2 Å². The van der Waals surface area contributed by atoms with Gasteiger partial charge in [0, 0.05) is 4.47 Å². The van der Waals surface area contributed by atoms with Crippen LogP contribution >= 0.6 is 27.3 Å². The van der Waals surface area contributed by atoms with Crippen molar-refractivity contribution < 1.29 is 18.3 Å². The molecule has 8 heteroatoms. The fourth-order valence-electron chi connectivity index (χ4n) is 1.58. The molecule has 0 unspecified atom stereocenters. The van der Waals surface area contributed by atoms with E-state index in [1.54, 1.807) is 12.1 Å². The van der Waals surface area contributed by atoms with E-state index >= 15 is 0 Å². The highest BCUT2D eigenvalue weighted by molar-refractivity contribution is 9.10. The van der Waals surface area contributed by atoms with Crippen LogP contribution in [0.2, 0.25) is 0 Å². The second-order valence-electron chi connectivity index (χ2n) is 4.01. The highest BCUT2D eigenvalue weighted by Crippen LogP contribution is 2.28. The number of nitrogens with one attached hydrogen (secondary N) is 1. The summed E-state index contributed by atoms with van der Waals surface area (Å²) >= 11 is 4.13. The molecule has 1 heterocycles. The molecule has 0 spiro atoms. The smallest absolute Gasteiger partial charge is 0.347 e. The maximum Gasteiger partial charge on any atom is 0.347 e. The van der Waals surface area contributed by atoms with Crippen molar-refractivity contribution in [2.24, 2.45) is 0 Å². The maximum absolute atomic E-state index is 12.3. The second-order valence-corrected chi connectivity index (χ2v) is 7.43. The van der Waals surface area contributed by atoms with Gasteiger partial charge in [-0.1, -0.05) is 6.07 Å². The van der Waals surface area contributed by atoms with Gasteiger partial charge in [0.15, 0.2) is 0 Å². The van der Waals surface area contributed by atoms with Gasteiger partial charge >= 0.3 is 5.97 Å². The average molecular weight is 376 g/mol. The molecule has 106 valence electrons. The highest BCUT2D eigenvalue weighted by atomic mass is 79.9. The Kier molecular flexibility index (Phi) is 4.17. The van der Waals surface area contributed by atoms with Gasteiger partial charge in [-0.2, -0.15) is 0 Å². The maximum atomic E-state index is 12.3. The van der Waals surface area contributed by atoms with Crippen molar-refractivity contribution in [2.45, 2.75) is 11.8 Å². The zero-order valence-electron chi connectivity index (χ0n) is 10.3. The first kappa shape index (κ1) is 15.0. The molecule has 0 bridgehead atoms. The number of rotatable bonds is 4. The van der Waals surface area contributed by atoms with Crippen molar-refractivity contribution in [2.75, 3.05) is 4.72 Å². The Bertz CT molecular complexity index is 768. The zero-order valence-corrected chi connectivity index (χ0v) is 13.5. The minimum absolute atomic E-state index is 0.207. The molecule has 0 aliphatic heterocycles. The number of carboxylic acid groups (broad SMARTS) is 1. The Labute approximate surface area is 128 Å². The fraction of sp³-hybridized carbons (Fsp3) is 0.0833. The number of carboxylic acids is 1. The van der Waals surface area contributed by atoms with Crippen LogP contribution in [0.3, 0.4) is 0 Å². The summed E-state index contributed by atoms with van der Waals surface area (Å²) in [5.41, 5.74) is 1.25. The Hall–Kier alpha value is -1.38. The predicted octanol–water partition coefficient (Wildman–Crippen LogP) is 3.32. The largest absolute Gasteiger partial charge is 0.477 e. The topological polar surface area (TPSA) is 83.5 Å². The Morgan fingerprint density at radius 2 is 2.05 bits per heavy atom. The van der Waals surface area contributed by atoms with Gasteiger partial charge in [0.25, 0.3) is 10.0 Å². The van der Waals surface area contributed by atoms with E-state index in [-0.39, 0.29) is 9.77 Å². The summed E-state index contributed by atoms with van der Waals surface area (Å²) in [5, 5.41) is 10.4. The van der Waals surface area contributed by atoms with Crippen LogP contribution in [0, 0.1) is 6.92 Å². The van der Waals surface area contributed by atoms with Crippen molar-refractivity contribution in [3.63, 3.8) is 0 Å². The van der Waals surface area contributed by atoms with Gasteiger partial charge in [-0.15, -0.1) is 11.3 Å². The molecule has 0 amide bonds. The van der Waals surface area contributed by atoms with Crippen LogP contribution in [0.5, 0.6) is 0 Å². The summed E-state index contributed by atoms with van der Waals surface area (Å²) < 4.78 is 27.5. The SMILES string of the molecule is Cc1ccc(Br)c(NS(=O)(=O)c2ccsc2C(=O)O)c1. The van der Waals surface area contributed by atoms with Gasteiger partial charge in [-0.05, 0) is 52.0 Å². The lowest BCUT2D eigenvalue weighted by molar-refractivity contribution is 0.0698. The lowest BCUT2D eigenvalue weighted by Gasteiger charge is -2.10. The van der Waals surface area contributed by atoms with Crippen molar-refractivity contribution >= 4 is 48.9 Å². The molecular weight excluding hydrogens is 366 g/mol. The molecule has 0 aliphatic rings. The van der Waals surface area contributed by atoms with Crippen LogP contribution < -0.4 is 4.72 Å². The van der Waals surface area contributed by atoms with Crippen LogP contribution in [-0.4, -0.2) is 19.5 Å². The molecule has 5 nitrogen and oxygen atoms in total. The number of anilines is 1. The Morgan fingerprint density at radius 3 is 2.70 bits per heavy atom. The second kappa shape index (κ2) is 5.55. The predicted molar refractivity (Wildman–Crippen MR) is 81.0 cm³/mol. The Balaban J connectivity index is 2.44. The molecular formula is C12H10BrNO4S2. The van der Waals surface area contributed by atoms with Gasteiger partial charge in [-0.3, -0.25) is 4.72 Å². The summed E-state index contributed by atoms with van der Waals surface area (Å²) in [5.74, 6) is -1.26. The van der Waals surface area contributed by atoms with E-state index in [1.165, 1.54) is 11.4 Å². The third-order valence-electron chi connectivity index (χ3n) is 2.48. The number of hydrogen-bond donors (Lipinski definition) is 2. The standard InChI is InChI=1S/C12H10BrNO4S2/c1-7-2-3-8(13)9(6-7)14-20(17,18)10-4-5-19-11(10)12(15)16/h2-6,14H,1H3,(H,15,16).